The lowest BCUT2D eigenvalue weighted by atomic mass is 10.1. The Morgan fingerprint density at radius 1 is 1.63 bits per heavy atom. The maximum Gasteiger partial charge on any atom is 0.374 e. The van der Waals surface area contributed by atoms with Gasteiger partial charge >= 0.3 is 11.9 Å². The number of carbonyl (C=O) groups is 2. The molecule has 1 aromatic heterocycles. The second-order valence-electron chi connectivity index (χ2n) is 4.30. The van der Waals surface area contributed by atoms with Crippen molar-refractivity contribution in [2.45, 2.75) is 12.6 Å². The van der Waals surface area contributed by atoms with Crippen LogP contribution in [0.4, 0.5) is 0 Å². The number of carbonyl (C=O) groups excluding carboxylic acids is 1. The van der Waals surface area contributed by atoms with Crippen LogP contribution in [0.5, 0.6) is 0 Å². The first-order chi connectivity index (χ1) is 9.13. The topological polar surface area (TPSA) is 92.0 Å². The molecule has 2 rings (SSSR count). The van der Waals surface area contributed by atoms with Gasteiger partial charge in [-0.15, -0.1) is 0 Å². The Hall–Kier alpha value is -1.86. The molecular weight excluding hydrogens is 252 g/mol. The third-order valence-electron chi connectivity index (χ3n) is 3.13. The number of nitrogens with zero attached hydrogens (tertiary/aromatic N) is 1. The molecule has 19 heavy (non-hydrogen) atoms. The molecule has 0 aromatic carbocycles. The van der Waals surface area contributed by atoms with E-state index in [1.54, 1.807) is 11.0 Å². The molecule has 0 spiro atoms. The SMILES string of the molecule is COC(=O)c1occc1CN1CCNCC1C(=O)O. The summed E-state index contributed by atoms with van der Waals surface area (Å²) in [6.45, 7) is 2.05. The van der Waals surface area contributed by atoms with E-state index in [0.29, 0.717) is 25.2 Å². The van der Waals surface area contributed by atoms with Crippen molar-refractivity contribution in [2.75, 3.05) is 26.7 Å². The van der Waals surface area contributed by atoms with Gasteiger partial charge < -0.3 is 19.6 Å². The Labute approximate surface area is 110 Å². The highest BCUT2D eigenvalue weighted by molar-refractivity contribution is 5.87. The van der Waals surface area contributed by atoms with Gasteiger partial charge in [0.2, 0.25) is 5.76 Å². The Bertz CT molecular complexity index is 470. The summed E-state index contributed by atoms with van der Waals surface area (Å²) >= 11 is 0. The molecule has 0 bridgehead atoms. The zero-order valence-corrected chi connectivity index (χ0v) is 10.6. The number of carboxylic acids is 1. The summed E-state index contributed by atoms with van der Waals surface area (Å²) in [5.74, 6) is -1.30. The molecule has 1 fully saturated rings. The molecule has 2 heterocycles. The van der Waals surface area contributed by atoms with Crippen molar-refractivity contribution in [1.82, 2.24) is 10.2 Å². The minimum Gasteiger partial charge on any atom is -0.480 e. The van der Waals surface area contributed by atoms with E-state index in [1.165, 1.54) is 13.4 Å². The summed E-state index contributed by atoms with van der Waals surface area (Å²) in [5, 5.41) is 12.2. The normalized spacial score (nSPS) is 20.2. The fraction of sp³-hybridized carbons (Fsp3) is 0.500. The van der Waals surface area contributed by atoms with Crippen LogP contribution in [-0.2, 0) is 16.1 Å². The lowest BCUT2D eigenvalue weighted by molar-refractivity contribution is -0.144. The number of aliphatic carboxylic acids is 1. The average Bonchev–Trinajstić information content (AvgIpc) is 2.86. The van der Waals surface area contributed by atoms with Crippen LogP contribution in [0, 0.1) is 0 Å². The smallest absolute Gasteiger partial charge is 0.374 e. The number of nitrogens with one attached hydrogen (secondary N) is 1. The number of hydrogen-bond acceptors (Lipinski definition) is 6. The standard InChI is InChI=1S/C12H16N2O5/c1-18-12(17)10-8(2-5-19-10)7-14-4-3-13-6-9(14)11(15)16/h2,5,9,13H,3-4,6-7H2,1H3,(H,15,16). The Morgan fingerprint density at radius 3 is 3.11 bits per heavy atom. The van der Waals surface area contributed by atoms with Crippen LogP contribution < -0.4 is 5.32 Å². The van der Waals surface area contributed by atoms with Gasteiger partial charge in [-0.1, -0.05) is 0 Å². The highest BCUT2D eigenvalue weighted by Gasteiger charge is 2.29. The molecule has 1 aliphatic heterocycles. The van der Waals surface area contributed by atoms with Crippen molar-refractivity contribution in [3.8, 4) is 0 Å². The Morgan fingerprint density at radius 2 is 2.42 bits per heavy atom. The third-order valence-corrected chi connectivity index (χ3v) is 3.13. The van der Waals surface area contributed by atoms with Crippen LogP contribution in [0.25, 0.3) is 0 Å². The summed E-state index contributed by atoms with van der Waals surface area (Å²) in [7, 11) is 1.28. The van der Waals surface area contributed by atoms with E-state index in [0.717, 1.165) is 6.54 Å². The van der Waals surface area contributed by atoms with Crippen LogP contribution >= 0.6 is 0 Å². The summed E-state index contributed by atoms with van der Waals surface area (Å²) in [4.78, 5) is 24.5. The maximum atomic E-state index is 11.5. The van der Waals surface area contributed by atoms with Crippen LogP contribution in [-0.4, -0.2) is 54.7 Å². The summed E-state index contributed by atoms with van der Waals surface area (Å²) < 4.78 is 9.71. The number of piperazine rings is 1. The van der Waals surface area contributed by atoms with Crippen molar-refractivity contribution < 1.29 is 23.8 Å². The number of rotatable bonds is 4. The number of carboxylic acid groups (broad SMARTS) is 1. The molecule has 0 saturated carbocycles. The molecule has 1 aliphatic rings. The highest BCUT2D eigenvalue weighted by atomic mass is 16.5. The lowest BCUT2D eigenvalue weighted by Crippen LogP contribution is -2.54. The number of methoxy groups -OCH3 is 1. The van der Waals surface area contributed by atoms with E-state index >= 15 is 0 Å². The van der Waals surface area contributed by atoms with Crippen molar-refractivity contribution in [2.24, 2.45) is 0 Å². The van der Waals surface area contributed by atoms with Crippen molar-refractivity contribution in [1.29, 1.82) is 0 Å². The first-order valence-electron chi connectivity index (χ1n) is 5.95. The molecule has 1 saturated heterocycles. The minimum atomic E-state index is -0.879. The van der Waals surface area contributed by atoms with Gasteiger partial charge in [0.05, 0.1) is 13.4 Å². The quantitative estimate of drug-likeness (QED) is 0.738. The molecule has 2 N–H and O–H groups in total. The first-order valence-corrected chi connectivity index (χ1v) is 5.95. The summed E-state index contributed by atoms with van der Waals surface area (Å²) in [6, 6.07) is 1.06. The number of hydrogen-bond donors (Lipinski definition) is 2. The second kappa shape index (κ2) is 5.85. The molecule has 0 aliphatic carbocycles. The van der Waals surface area contributed by atoms with E-state index in [9.17, 15) is 9.59 Å². The fourth-order valence-electron chi connectivity index (χ4n) is 2.13. The maximum absolute atomic E-state index is 11.5. The third kappa shape index (κ3) is 2.94. The van der Waals surface area contributed by atoms with Crippen LogP contribution in [0.1, 0.15) is 16.1 Å². The van der Waals surface area contributed by atoms with Crippen molar-refractivity contribution in [3.05, 3.63) is 23.7 Å². The number of esters is 1. The molecule has 0 radical (unpaired) electrons. The number of furan rings is 1. The van der Waals surface area contributed by atoms with Gasteiger partial charge in [0, 0.05) is 31.7 Å². The molecule has 0 amide bonds. The summed E-state index contributed by atoms with van der Waals surface area (Å²) in [5.41, 5.74) is 0.639. The number of ether oxygens (including phenoxy) is 1. The van der Waals surface area contributed by atoms with Crippen molar-refractivity contribution >= 4 is 11.9 Å². The van der Waals surface area contributed by atoms with E-state index < -0.39 is 18.0 Å². The molecule has 1 atom stereocenters. The van der Waals surface area contributed by atoms with E-state index in [-0.39, 0.29) is 5.76 Å². The van der Waals surface area contributed by atoms with Crippen molar-refractivity contribution in [3.63, 3.8) is 0 Å². The van der Waals surface area contributed by atoms with Crippen LogP contribution in [0.2, 0.25) is 0 Å². The minimum absolute atomic E-state index is 0.130. The average molecular weight is 268 g/mol. The van der Waals surface area contributed by atoms with Gasteiger partial charge in [-0.2, -0.15) is 0 Å². The fourth-order valence-corrected chi connectivity index (χ4v) is 2.13. The predicted octanol–water partition coefficient (Wildman–Crippen LogP) is -0.0754. The van der Waals surface area contributed by atoms with Gasteiger partial charge in [0.25, 0.3) is 0 Å². The van der Waals surface area contributed by atoms with E-state index in [4.69, 9.17) is 9.52 Å². The molecule has 1 aromatic rings. The first kappa shape index (κ1) is 13.6. The zero-order valence-electron chi connectivity index (χ0n) is 10.6. The van der Waals surface area contributed by atoms with Gasteiger partial charge in [-0.3, -0.25) is 9.69 Å². The Balaban J connectivity index is 2.13. The zero-order chi connectivity index (χ0) is 13.8. The predicted molar refractivity (Wildman–Crippen MR) is 64.8 cm³/mol. The van der Waals surface area contributed by atoms with E-state index in [2.05, 4.69) is 10.1 Å². The molecule has 104 valence electrons. The van der Waals surface area contributed by atoms with Gasteiger partial charge in [0.1, 0.15) is 6.04 Å². The molecule has 7 heteroatoms. The van der Waals surface area contributed by atoms with Gasteiger partial charge in [-0.05, 0) is 6.07 Å². The van der Waals surface area contributed by atoms with Gasteiger partial charge in [0.15, 0.2) is 0 Å². The highest BCUT2D eigenvalue weighted by Crippen LogP contribution is 2.17. The van der Waals surface area contributed by atoms with E-state index in [1.807, 2.05) is 0 Å². The second-order valence-corrected chi connectivity index (χ2v) is 4.30. The molecular formula is C12H16N2O5. The monoisotopic (exact) mass is 268 g/mol. The Kier molecular flexibility index (Phi) is 4.18. The lowest BCUT2D eigenvalue weighted by Gasteiger charge is -2.33. The largest absolute Gasteiger partial charge is 0.480 e. The molecule has 7 nitrogen and oxygen atoms in total. The van der Waals surface area contributed by atoms with Crippen LogP contribution in [0.15, 0.2) is 16.7 Å². The summed E-state index contributed by atoms with van der Waals surface area (Å²) in [6.07, 6.45) is 1.40. The van der Waals surface area contributed by atoms with Crippen LogP contribution in [0.3, 0.4) is 0 Å². The van der Waals surface area contributed by atoms with Gasteiger partial charge in [-0.25, -0.2) is 4.79 Å². The molecule has 1 unspecified atom stereocenters.